The van der Waals surface area contributed by atoms with E-state index in [-0.39, 0.29) is 22.8 Å². The van der Waals surface area contributed by atoms with Gasteiger partial charge in [0.1, 0.15) is 12.1 Å². The number of nitrogens with zero attached hydrogens (tertiary/aromatic N) is 1. The van der Waals surface area contributed by atoms with Crippen LogP contribution in [0.2, 0.25) is 5.02 Å². The second-order valence-electron chi connectivity index (χ2n) is 3.22. The standard InChI is InChI=1S/C11H10ClN3O3/c12-7-2-1-3-8(14)10(7)11(17)18-6-9(16)15-5-4-13/h1-3H,5-6,14H2,(H,15,16). The summed E-state index contributed by atoms with van der Waals surface area (Å²) in [5.41, 5.74) is 5.77. The molecule has 0 atom stereocenters. The molecule has 94 valence electrons. The number of nitrogens with one attached hydrogen (secondary N) is 1. The Bertz CT molecular complexity index is 490. The number of carbonyl (C=O) groups excluding carboxylic acids is 2. The number of amides is 1. The average Bonchev–Trinajstić information content (AvgIpc) is 2.33. The highest BCUT2D eigenvalue weighted by atomic mass is 35.5. The van der Waals surface area contributed by atoms with Gasteiger partial charge in [0.2, 0.25) is 0 Å². The number of nitrogen functional groups attached to an aromatic ring is 1. The lowest BCUT2D eigenvalue weighted by molar-refractivity contribution is -0.123. The Morgan fingerprint density at radius 1 is 1.50 bits per heavy atom. The summed E-state index contributed by atoms with van der Waals surface area (Å²) in [6.45, 7) is -0.643. The summed E-state index contributed by atoms with van der Waals surface area (Å²) in [5.74, 6) is -1.36. The molecule has 0 heterocycles. The van der Waals surface area contributed by atoms with Crippen molar-refractivity contribution in [2.24, 2.45) is 0 Å². The van der Waals surface area contributed by atoms with Crippen LogP contribution in [0.25, 0.3) is 0 Å². The Balaban J connectivity index is 2.62. The molecule has 3 N–H and O–H groups in total. The molecule has 0 saturated heterocycles. The van der Waals surface area contributed by atoms with Crippen molar-refractivity contribution in [2.75, 3.05) is 18.9 Å². The van der Waals surface area contributed by atoms with Gasteiger partial charge in [0.15, 0.2) is 6.61 Å². The summed E-state index contributed by atoms with van der Waals surface area (Å²) in [6.07, 6.45) is 0. The molecule has 0 fully saturated rings. The lowest BCUT2D eigenvalue weighted by Crippen LogP contribution is -2.29. The highest BCUT2D eigenvalue weighted by molar-refractivity contribution is 6.34. The fourth-order valence-corrected chi connectivity index (χ4v) is 1.41. The van der Waals surface area contributed by atoms with Gasteiger partial charge in [-0.1, -0.05) is 17.7 Å². The van der Waals surface area contributed by atoms with Crippen LogP contribution in [-0.2, 0) is 9.53 Å². The zero-order chi connectivity index (χ0) is 13.5. The summed E-state index contributed by atoms with van der Waals surface area (Å²) in [7, 11) is 0. The monoisotopic (exact) mass is 267 g/mol. The fourth-order valence-electron chi connectivity index (χ4n) is 1.15. The molecule has 6 nitrogen and oxygen atoms in total. The van der Waals surface area contributed by atoms with Crippen molar-refractivity contribution in [3.05, 3.63) is 28.8 Å². The number of nitriles is 1. The number of hydrogen-bond acceptors (Lipinski definition) is 5. The predicted molar refractivity (Wildman–Crippen MR) is 64.8 cm³/mol. The number of benzene rings is 1. The molecule has 18 heavy (non-hydrogen) atoms. The number of halogens is 1. The summed E-state index contributed by atoms with van der Waals surface area (Å²) < 4.78 is 4.72. The average molecular weight is 268 g/mol. The van der Waals surface area contributed by atoms with Crippen LogP contribution in [0.3, 0.4) is 0 Å². The maximum Gasteiger partial charge on any atom is 0.342 e. The number of anilines is 1. The van der Waals surface area contributed by atoms with Crippen LogP contribution in [0, 0.1) is 11.3 Å². The van der Waals surface area contributed by atoms with E-state index in [9.17, 15) is 9.59 Å². The van der Waals surface area contributed by atoms with Gasteiger partial charge < -0.3 is 15.8 Å². The molecule has 1 aromatic carbocycles. The zero-order valence-electron chi connectivity index (χ0n) is 9.27. The highest BCUT2D eigenvalue weighted by Gasteiger charge is 2.16. The third kappa shape index (κ3) is 3.64. The maximum absolute atomic E-state index is 11.6. The molecule has 0 unspecified atom stereocenters. The van der Waals surface area contributed by atoms with Gasteiger partial charge in [-0.15, -0.1) is 0 Å². The van der Waals surface area contributed by atoms with Crippen LogP contribution in [0.1, 0.15) is 10.4 Å². The third-order valence-corrected chi connectivity index (χ3v) is 2.26. The molecule has 0 aliphatic rings. The first-order valence-corrected chi connectivity index (χ1v) is 5.28. The molecular formula is C11H10ClN3O3. The minimum absolute atomic E-state index is 0.0206. The van der Waals surface area contributed by atoms with Crippen LogP contribution in [-0.4, -0.2) is 25.0 Å². The number of ether oxygens (including phenoxy) is 1. The molecule has 7 heteroatoms. The molecule has 0 aromatic heterocycles. The molecule has 0 aliphatic carbocycles. The molecule has 1 rings (SSSR count). The maximum atomic E-state index is 11.6. The SMILES string of the molecule is N#CCNC(=O)COC(=O)c1c(N)cccc1Cl. The summed E-state index contributed by atoms with van der Waals surface area (Å²) in [6, 6.07) is 6.30. The van der Waals surface area contributed by atoms with Gasteiger partial charge in [-0.25, -0.2) is 4.79 Å². The summed E-state index contributed by atoms with van der Waals surface area (Å²) in [5, 5.41) is 10.6. The Morgan fingerprint density at radius 3 is 2.83 bits per heavy atom. The van der Waals surface area contributed by atoms with Gasteiger partial charge >= 0.3 is 5.97 Å². The number of rotatable bonds is 4. The Labute approximate surface area is 108 Å². The second-order valence-corrected chi connectivity index (χ2v) is 3.62. The highest BCUT2D eigenvalue weighted by Crippen LogP contribution is 2.22. The lowest BCUT2D eigenvalue weighted by Gasteiger charge is -2.07. The van der Waals surface area contributed by atoms with Crippen LogP contribution in [0.5, 0.6) is 0 Å². The van der Waals surface area contributed by atoms with E-state index in [1.54, 1.807) is 12.1 Å². The smallest absolute Gasteiger partial charge is 0.342 e. The Kier molecular flexibility index (Phi) is 4.96. The first-order valence-electron chi connectivity index (χ1n) is 4.91. The van der Waals surface area contributed by atoms with Gasteiger partial charge in [0.25, 0.3) is 5.91 Å². The minimum atomic E-state index is -0.787. The first kappa shape index (κ1) is 13.8. The van der Waals surface area contributed by atoms with Crippen LogP contribution in [0.4, 0.5) is 5.69 Å². The normalized spacial score (nSPS) is 9.33. The number of nitrogens with two attached hydrogens (primary N) is 1. The minimum Gasteiger partial charge on any atom is -0.452 e. The van der Waals surface area contributed by atoms with E-state index >= 15 is 0 Å². The predicted octanol–water partition coefficient (Wildman–Crippen LogP) is 0.719. The summed E-state index contributed by atoms with van der Waals surface area (Å²) in [4.78, 5) is 22.7. The third-order valence-electron chi connectivity index (χ3n) is 1.95. The van der Waals surface area contributed by atoms with Crippen molar-refractivity contribution < 1.29 is 14.3 Å². The van der Waals surface area contributed by atoms with E-state index in [0.29, 0.717) is 0 Å². The van der Waals surface area contributed by atoms with Crippen molar-refractivity contribution in [2.45, 2.75) is 0 Å². The van der Waals surface area contributed by atoms with Crippen molar-refractivity contribution >= 4 is 29.2 Å². The van der Waals surface area contributed by atoms with Gasteiger partial charge in [0, 0.05) is 5.69 Å². The Morgan fingerprint density at radius 2 is 2.22 bits per heavy atom. The van der Waals surface area contributed by atoms with Crippen molar-refractivity contribution in [1.82, 2.24) is 5.32 Å². The number of esters is 1. The van der Waals surface area contributed by atoms with E-state index < -0.39 is 18.5 Å². The molecule has 0 spiro atoms. The zero-order valence-corrected chi connectivity index (χ0v) is 10.0. The van der Waals surface area contributed by atoms with Crippen LogP contribution in [0.15, 0.2) is 18.2 Å². The van der Waals surface area contributed by atoms with Gasteiger partial charge in [-0.2, -0.15) is 5.26 Å². The molecular weight excluding hydrogens is 258 g/mol. The van der Waals surface area contributed by atoms with E-state index in [0.717, 1.165) is 0 Å². The molecule has 0 saturated carbocycles. The van der Waals surface area contributed by atoms with E-state index in [1.165, 1.54) is 12.1 Å². The molecule has 1 aromatic rings. The van der Waals surface area contributed by atoms with E-state index in [4.69, 9.17) is 27.3 Å². The number of hydrogen-bond donors (Lipinski definition) is 2. The van der Waals surface area contributed by atoms with Crippen molar-refractivity contribution in [3.8, 4) is 6.07 Å². The Hall–Kier alpha value is -2.26. The molecule has 1 amide bonds. The van der Waals surface area contributed by atoms with E-state index in [2.05, 4.69) is 5.32 Å². The molecule has 0 radical (unpaired) electrons. The van der Waals surface area contributed by atoms with Crippen molar-refractivity contribution in [3.63, 3.8) is 0 Å². The fraction of sp³-hybridized carbons (Fsp3) is 0.182. The molecule has 0 bridgehead atoms. The van der Waals surface area contributed by atoms with Crippen molar-refractivity contribution in [1.29, 1.82) is 5.26 Å². The van der Waals surface area contributed by atoms with Crippen LogP contribution < -0.4 is 11.1 Å². The quantitative estimate of drug-likeness (QED) is 0.475. The summed E-state index contributed by atoms with van der Waals surface area (Å²) >= 11 is 5.80. The van der Waals surface area contributed by atoms with Gasteiger partial charge in [0.05, 0.1) is 11.1 Å². The van der Waals surface area contributed by atoms with E-state index in [1.807, 2.05) is 0 Å². The topological polar surface area (TPSA) is 105 Å². The van der Waals surface area contributed by atoms with Gasteiger partial charge in [-0.3, -0.25) is 4.79 Å². The van der Waals surface area contributed by atoms with Crippen LogP contribution >= 0.6 is 11.6 Å². The van der Waals surface area contributed by atoms with Gasteiger partial charge in [-0.05, 0) is 12.1 Å². The molecule has 0 aliphatic heterocycles. The lowest BCUT2D eigenvalue weighted by atomic mass is 10.2. The first-order chi connectivity index (χ1) is 8.56. The largest absolute Gasteiger partial charge is 0.452 e. The second kappa shape index (κ2) is 6.47. The number of carbonyl (C=O) groups is 2.